The Morgan fingerprint density at radius 3 is 2.60 bits per heavy atom. The molecule has 5 rings (SSSR count). The van der Waals surface area contributed by atoms with Crippen molar-refractivity contribution in [2.24, 2.45) is 0 Å². The fourth-order valence-corrected chi connectivity index (χ4v) is 3.88. The van der Waals surface area contributed by atoms with Gasteiger partial charge in [-0.2, -0.15) is 5.10 Å². The van der Waals surface area contributed by atoms with E-state index in [0.29, 0.717) is 35.9 Å². The summed E-state index contributed by atoms with van der Waals surface area (Å²) in [6.45, 7) is 3.16. The van der Waals surface area contributed by atoms with Crippen molar-refractivity contribution in [1.82, 2.24) is 29.5 Å². The van der Waals surface area contributed by atoms with E-state index >= 15 is 0 Å². The number of piperazine rings is 1. The van der Waals surface area contributed by atoms with Gasteiger partial charge in [-0.15, -0.1) is 0 Å². The van der Waals surface area contributed by atoms with E-state index in [2.05, 4.69) is 27.0 Å². The maximum absolute atomic E-state index is 14.2. The predicted molar refractivity (Wildman–Crippen MR) is 110 cm³/mol. The van der Waals surface area contributed by atoms with Crippen LogP contribution in [0.5, 0.6) is 0 Å². The van der Waals surface area contributed by atoms with Crippen LogP contribution in [0.2, 0.25) is 0 Å². The molecule has 0 atom stereocenters. The van der Waals surface area contributed by atoms with Crippen LogP contribution in [0.4, 0.5) is 4.39 Å². The lowest BCUT2D eigenvalue weighted by Gasteiger charge is -2.32. The molecular formula is C22H23FN6O. The molecule has 8 heteroatoms. The standard InChI is InChI=1S/C22H23FN6O/c1-27-10-12-28(13-11-27)21(30)17-14-25-29(20(17)15-6-7-15)22-24-9-8-19(26-22)16-4-2-3-5-18(16)23/h2-5,8-9,14-15H,6-7,10-13H2,1H3. The average Bonchev–Trinajstić information content (AvgIpc) is 3.52. The Bertz CT molecular complexity index is 1080. The predicted octanol–water partition coefficient (Wildman–Crippen LogP) is 2.73. The first kappa shape index (κ1) is 18.9. The van der Waals surface area contributed by atoms with Crippen molar-refractivity contribution in [3.05, 3.63) is 59.8 Å². The van der Waals surface area contributed by atoms with E-state index < -0.39 is 0 Å². The molecule has 2 fully saturated rings. The third-order valence-corrected chi connectivity index (χ3v) is 5.77. The Morgan fingerprint density at radius 2 is 1.87 bits per heavy atom. The van der Waals surface area contributed by atoms with Gasteiger partial charge < -0.3 is 9.80 Å². The molecule has 30 heavy (non-hydrogen) atoms. The zero-order valence-electron chi connectivity index (χ0n) is 16.8. The Hall–Kier alpha value is -3.13. The zero-order valence-corrected chi connectivity index (χ0v) is 16.8. The smallest absolute Gasteiger partial charge is 0.257 e. The van der Waals surface area contributed by atoms with Crippen LogP contribution in [-0.4, -0.2) is 68.7 Å². The second-order valence-electron chi connectivity index (χ2n) is 7.95. The summed E-state index contributed by atoms with van der Waals surface area (Å²) in [4.78, 5) is 26.2. The Kier molecular flexibility index (Phi) is 4.78. The highest BCUT2D eigenvalue weighted by Gasteiger charge is 2.35. The van der Waals surface area contributed by atoms with Crippen LogP contribution in [0.15, 0.2) is 42.7 Å². The van der Waals surface area contributed by atoms with Gasteiger partial charge in [0, 0.05) is 43.9 Å². The van der Waals surface area contributed by atoms with Crippen LogP contribution in [-0.2, 0) is 0 Å². The van der Waals surface area contributed by atoms with Gasteiger partial charge in [0.05, 0.1) is 23.1 Å². The van der Waals surface area contributed by atoms with Crippen molar-refractivity contribution in [3.63, 3.8) is 0 Å². The Balaban J connectivity index is 1.51. The van der Waals surface area contributed by atoms with Crippen LogP contribution < -0.4 is 0 Å². The largest absolute Gasteiger partial charge is 0.336 e. The number of benzene rings is 1. The lowest BCUT2D eigenvalue weighted by molar-refractivity contribution is 0.0663. The summed E-state index contributed by atoms with van der Waals surface area (Å²) in [5.41, 5.74) is 2.39. The van der Waals surface area contributed by atoms with Gasteiger partial charge in [0.15, 0.2) is 0 Å². The number of amides is 1. The molecule has 1 aromatic carbocycles. The lowest BCUT2D eigenvalue weighted by Crippen LogP contribution is -2.47. The van der Waals surface area contributed by atoms with Gasteiger partial charge in [0.1, 0.15) is 5.82 Å². The number of hydrogen-bond acceptors (Lipinski definition) is 5. The highest BCUT2D eigenvalue weighted by atomic mass is 19.1. The van der Waals surface area contributed by atoms with E-state index in [-0.39, 0.29) is 17.6 Å². The van der Waals surface area contributed by atoms with Crippen LogP contribution in [0, 0.1) is 5.82 Å². The minimum atomic E-state index is -0.337. The van der Waals surface area contributed by atoms with Crippen molar-refractivity contribution in [3.8, 4) is 17.2 Å². The molecule has 1 aliphatic carbocycles. The van der Waals surface area contributed by atoms with Crippen molar-refractivity contribution in [2.45, 2.75) is 18.8 Å². The number of aromatic nitrogens is 4. The molecule has 1 amide bonds. The highest BCUT2D eigenvalue weighted by Crippen LogP contribution is 2.42. The molecule has 3 aromatic rings. The fraction of sp³-hybridized carbons (Fsp3) is 0.364. The number of carbonyl (C=O) groups is 1. The first-order valence-corrected chi connectivity index (χ1v) is 10.3. The van der Waals surface area contributed by atoms with E-state index in [1.165, 1.54) is 6.07 Å². The van der Waals surface area contributed by atoms with E-state index in [9.17, 15) is 9.18 Å². The van der Waals surface area contributed by atoms with Crippen LogP contribution in [0.1, 0.15) is 34.8 Å². The maximum Gasteiger partial charge on any atom is 0.257 e. The van der Waals surface area contributed by atoms with Gasteiger partial charge >= 0.3 is 0 Å². The molecule has 0 bridgehead atoms. The number of halogens is 1. The number of nitrogens with zero attached hydrogens (tertiary/aromatic N) is 6. The summed E-state index contributed by atoms with van der Waals surface area (Å²) < 4.78 is 15.9. The van der Waals surface area contributed by atoms with Crippen LogP contribution >= 0.6 is 0 Å². The first-order valence-electron chi connectivity index (χ1n) is 10.3. The highest BCUT2D eigenvalue weighted by molar-refractivity contribution is 5.95. The fourth-order valence-electron chi connectivity index (χ4n) is 3.88. The normalized spacial score (nSPS) is 17.3. The summed E-state index contributed by atoms with van der Waals surface area (Å²) in [5, 5.41) is 4.48. The van der Waals surface area contributed by atoms with E-state index in [1.807, 2.05) is 4.90 Å². The number of carbonyl (C=O) groups excluding carboxylic acids is 1. The minimum Gasteiger partial charge on any atom is -0.336 e. The zero-order chi connectivity index (χ0) is 20.7. The number of rotatable bonds is 4. The average molecular weight is 406 g/mol. The van der Waals surface area contributed by atoms with Gasteiger partial charge in [-0.25, -0.2) is 19.0 Å². The molecule has 154 valence electrons. The summed E-state index contributed by atoms with van der Waals surface area (Å²) >= 11 is 0. The summed E-state index contributed by atoms with van der Waals surface area (Å²) in [7, 11) is 2.06. The molecule has 2 aliphatic rings. The topological polar surface area (TPSA) is 67.2 Å². The lowest BCUT2D eigenvalue weighted by atomic mass is 10.1. The quantitative estimate of drug-likeness (QED) is 0.667. The third kappa shape index (κ3) is 3.47. The van der Waals surface area contributed by atoms with E-state index in [4.69, 9.17) is 0 Å². The maximum atomic E-state index is 14.2. The number of likely N-dealkylation sites (N-methyl/N-ethyl adjacent to an activating group) is 1. The van der Waals surface area contributed by atoms with E-state index in [0.717, 1.165) is 31.6 Å². The monoisotopic (exact) mass is 406 g/mol. The van der Waals surface area contributed by atoms with Gasteiger partial charge in [0.2, 0.25) is 0 Å². The second kappa shape index (κ2) is 7.60. The summed E-state index contributed by atoms with van der Waals surface area (Å²) in [5.74, 6) is 0.312. The van der Waals surface area contributed by atoms with Crippen molar-refractivity contribution < 1.29 is 9.18 Å². The molecule has 3 heterocycles. The van der Waals surface area contributed by atoms with Gasteiger partial charge in [-0.05, 0) is 38.1 Å². The van der Waals surface area contributed by atoms with Gasteiger partial charge in [-0.3, -0.25) is 4.79 Å². The number of hydrogen-bond donors (Lipinski definition) is 0. The molecule has 1 aliphatic heterocycles. The molecular weight excluding hydrogens is 383 g/mol. The van der Waals surface area contributed by atoms with Crippen LogP contribution in [0.25, 0.3) is 17.2 Å². The molecule has 1 saturated carbocycles. The molecule has 0 N–H and O–H groups in total. The van der Waals surface area contributed by atoms with Gasteiger partial charge in [-0.1, -0.05) is 12.1 Å². The van der Waals surface area contributed by atoms with E-state index in [1.54, 1.807) is 41.3 Å². The second-order valence-corrected chi connectivity index (χ2v) is 7.95. The van der Waals surface area contributed by atoms with Crippen LogP contribution in [0.3, 0.4) is 0 Å². The molecule has 0 unspecified atom stereocenters. The van der Waals surface area contributed by atoms with Crippen molar-refractivity contribution >= 4 is 5.91 Å². The third-order valence-electron chi connectivity index (χ3n) is 5.77. The first-order chi connectivity index (χ1) is 14.6. The Morgan fingerprint density at radius 1 is 1.10 bits per heavy atom. The molecule has 1 saturated heterocycles. The van der Waals surface area contributed by atoms with Crippen molar-refractivity contribution in [2.75, 3.05) is 33.2 Å². The van der Waals surface area contributed by atoms with Crippen molar-refractivity contribution in [1.29, 1.82) is 0 Å². The summed E-state index contributed by atoms with van der Waals surface area (Å²) in [6.07, 6.45) is 5.27. The van der Waals surface area contributed by atoms with Gasteiger partial charge in [0.25, 0.3) is 11.9 Å². The Labute approximate surface area is 174 Å². The molecule has 7 nitrogen and oxygen atoms in total. The SMILES string of the molecule is CN1CCN(C(=O)c2cnn(-c3nccc(-c4ccccc4F)n3)c2C2CC2)CC1. The summed E-state index contributed by atoms with van der Waals surface area (Å²) in [6, 6.07) is 8.20. The molecule has 2 aromatic heterocycles. The molecule has 0 spiro atoms. The molecule has 0 radical (unpaired) electrons. The minimum absolute atomic E-state index is 0.0153.